The van der Waals surface area contributed by atoms with Crippen LogP contribution in [0.25, 0.3) is 0 Å². The minimum atomic E-state index is -0.916. The van der Waals surface area contributed by atoms with Crippen LogP contribution in [-0.2, 0) is 4.79 Å². The fourth-order valence-corrected chi connectivity index (χ4v) is 2.12. The maximum Gasteiger partial charge on any atom is 0.321 e. The van der Waals surface area contributed by atoms with Crippen LogP contribution < -0.4 is 4.74 Å². The number of carboxylic acids is 1. The molecule has 1 unspecified atom stereocenters. The number of methoxy groups -OCH3 is 1. The van der Waals surface area contributed by atoms with Crippen molar-refractivity contribution >= 4 is 29.3 Å². The van der Waals surface area contributed by atoms with E-state index in [9.17, 15) is 4.79 Å². The monoisotopic (exact) mass is 277 g/mol. The second-order valence-electron chi connectivity index (χ2n) is 3.49. The van der Waals surface area contributed by atoms with Crippen molar-refractivity contribution in [3.63, 3.8) is 0 Å². The van der Waals surface area contributed by atoms with Crippen molar-refractivity contribution in [2.45, 2.75) is 24.3 Å². The van der Waals surface area contributed by atoms with Crippen molar-refractivity contribution in [3.05, 3.63) is 5.28 Å². The van der Waals surface area contributed by atoms with Crippen LogP contribution in [0.3, 0.4) is 0 Å². The Kier molecular flexibility index (Phi) is 4.95. The fourth-order valence-electron chi connectivity index (χ4n) is 1.04. The number of carbonyl (C=O) groups is 1. The summed E-state index contributed by atoms with van der Waals surface area (Å²) in [6.07, 6.45) is 0. The summed E-state index contributed by atoms with van der Waals surface area (Å²) < 4.78 is 4.83. The first-order valence-corrected chi connectivity index (χ1v) is 6.04. The zero-order valence-electron chi connectivity index (χ0n) is 9.55. The second-order valence-corrected chi connectivity index (χ2v) is 4.94. The highest BCUT2D eigenvalue weighted by atomic mass is 35.5. The molecule has 0 aliphatic heterocycles. The summed E-state index contributed by atoms with van der Waals surface area (Å²) >= 11 is 6.69. The molecule has 0 radical (unpaired) electrons. The number of thioether (sulfide) groups is 1. The van der Waals surface area contributed by atoms with Gasteiger partial charge in [0, 0.05) is 0 Å². The summed E-state index contributed by atoms with van der Waals surface area (Å²) in [5, 5.41) is 8.62. The molecule has 0 spiro atoms. The highest BCUT2D eigenvalue weighted by molar-refractivity contribution is 8.00. The zero-order chi connectivity index (χ0) is 13.0. The number of hydrogen-bond donors (Lipinski definition) is 1. The summed E-state index contributed by atoms with van der Waals surface area (Å²) in [5.74, 6) is -0.973. The molecule has 1 aromatic rings. The van der Waals surface area contributed by atoms with E-state index >= 15 is 0 Å². The SMILES string of the molecule is COc1nc(Cl)nc(SC(C(=O)O)C(C)C)n1. The third kappa shape index (κ3) is 4.01. The number of aromatic nitrogens is 3. The molecule has 0 saturated carbocycles. The molecule has 0 aromatic carbocycles. The second kappa shape index (κ2) is 6.02. The van der Waals surface area contributed by atoms with E-state index in [4.69, 9.17) is 21.4 Å². The predicted octanol–water partition coefficient (Wildman–Crippen LogP) is 1.73. The number of ether oxygens (including phenoxy) is 1. The van der Waals surface area contributed by atoms with Gasteiger partial charge in [-0.25, -0.2) is 0 Å². The lowest BCUT2D eigenvalue weighted by molar-refractivity contribution is -0.137. The van der Waals surface area contributed by atoms with Gasteiger partial charge in [0.15, 0.2) is 5.16 Å². The van der Waals surface area contributed by atoms with Crippen molar-refractivity contribution in [2.24, 2.45) is 5.92 Å². The van der Waals surface area contributed by atoms with E-state index in [1.807, 2.05) is 13.8 Å². The zero-order valence-corrected chi connectivity index (χ0v) is 11.1. The molecule has 17 heavy (non-hydrogen) atoms. The van der Waals surface area contributed by atoms with Gasteiger partial charge in [-0.05, 0) is 17.5 Å². The molecular formula is C9H12ClN3O3S. The molecular weight excluding hydrogens is 266 g/mol. The summed E-state index contributed by atoms with van der Waals surface area (Å²) in [6.45, 7) is 3.62. The number of hydrogen-bond acceptors (Lipinski definition) is 6. The average Bonchev–Trinajstić information content (AvgIpc) is 2.24. The van der Waals surface area contributed by atoms with Gasteiger partial charge in [-0.3, -0.25) is 4.79 Å². The van der Waals surface area contributed by atoms with E-state index in [1.54, 1.807) is 0 Å². The van der Waals surface area contributed by atoms with E-state index in [2.05, 4.69) is 15.0 Å². The molecule has 0 saturated heterocycles. The molecule has 0 fully saturated rings. The van der Waals surface area contributed by atoms with Crippen molar-refractivity contribution in [1.29, 1.82) is 0 Å². The Morgan fingerprint density at radius 2 is 2.06 bits per heavy atom. The number of halogens is 1. The van der Waals surface area contributed by atoms with Crippen LogP contribution in [0.15, 0.2) is 5.16 Å². The quantitative estimate of drug-likeness (QED) is 0.820. The van der Waals surface area contributed by atoms with E-state index in [0.29, 0.717) is 0 Å². The molecule has 1 aromatic heterocycles. The fraction of sp³-hybridized carbons (Fsp3) is 0.556. The van der Waals surface area contributed by atoms with Gasteiger partial charge in [-0.15, -0.1) is 0 Å². The lowest BCUT2D eigenvalue weighted by Gasteiger charge is -2.14. The minimum Gasteiger partial charge on any atom is -0.480 e. The Balaban J connectivity index is 2.93. The first-order chi connectivity index (χ1) is 7.93. The first-order valence-electron chi connectivity index (χ1n) is 4.79. The van der Waals surface area contributed by atoms with Crippen LogP contribution >= 0.6 is 23.4 Å². The maximum absolute atomic E-state index is 11.0. The van der Waals surface area contributed by atoms with Gasteiger partial charge in [0.2, 0.25) is 5.28 Å². The van der Waals surface area contributed by atoms with Crippen LogP contribution in [0.2, 0.25) is 5.28 Å². The van der Waals surface area contributed by atoms with Crippen molar-refractivity contribution in [1.82, 2.24) is 15.0 Å². The summed E-state index contributed by atoms with van der Waals surface area (Å²) in [6, 6.07) is 0.0698. The normalized spacial score (nSPS) is 12.5. The standard InChI is InChI=1S/C9H12ClN3O3S/c1-4(2)5(6(14)15)17-9-12-7(10)11-8(13-9)16-3/h4-5H,1-3H3,(H,14,15). The first kappa shape index (κ1) is 14.0. The third-order valence-corrected chi connectivity index (χ3v) is 3.39. The Morgan fingerprint density at radius 1 is 1.41 bits per heavy atom. The Hall–Kier alpha value is -1.08. The number of aliphatic carboxylic acids is 1. The van der Waals surface area contributed by atoms with Crippen molar-refractivity contribution in [3.8, 4) is 6.01 Å². The van der Waals surface area contributed by atoms with Crippen molar-refractivity contribution in [2.75, 3.05) is 7.11 Å². The van der Waals surface area contributed by atoms with Crippen LogP contribution in [0.5, 0.6) is 6.01 Å². The van der Waals surface area contributed by atoms with Gasteiger partial charge in [-0.2, -0.15) is 15.0 Å². The molecule has 94 valence electrons. The Morgan fingerprint density at radius 3 is 2.53 bits per heavy atom. The van der Waals surface area contributed by atoms with E-state index in [0.717, 1.165) is 11.8 Å². The molecule has 0 aliphatic rings. The summed E-state index contributed by atoms with van der Waals surface area (Å²) in [5.41, 5.74) is 0. The van der Waals surface area contributed by atoms with Gasteiger partial charge >= 0.3 is 12.0 Å². The predicted molar refractivity (Wildman–Crippen MR) is 63.5 cm³/mol. The molecule has 8 heteroatoms. The molecule has 1 heterocycles. The molecule has 0 amide bonds. The maximum atomic E-state index is 11.0. The number of carboxylic acid groups (broad SMARTS) is 1. The van der Waals surface area contributed by atoms with Gasteiger partial charge < -0.3 is 9.84 Å². The Labute approximate surface area is 108 Å². The molecule has 6 nitrogen and oxygen atoms in total. The minimum absolute atomic E-state index is 0.0211. The molecule has 0 bridgehead atoms. The lowest BCUT2D eigenvalue weighted by atomic mass is 10.1. The van der Waals surface area contributed by atoms with Gasteiger partial charge in [0.25, 0.3) is 0 Å². The summed E-state index contributed by atoms with van der Waals surface area (Å²) in [7, 11) is 1.40. The molecule has 1 rings (SSSR count). The summed E-state index contributed by atoms with van der Waals surface area (Å²) in [4.78, 5) is 22.5. The van der Waals surface area contributed by atoms with Crippen molar-refractivity contribution < 1.29 is 14.6 Å². The van der Waals surface area contributed by atoms with E-state index < -0.39 is 11.2 Å². The van der Waals surface area contributed by atoms with Crippen LogP contribution in [-0.4, -0.2) is 38.4 Å². The third-order valence-electron chi connectivity index (χ3n) is 1.83. The van der Waals surface area contributed by atoms with Gasteiger partial charge in [0.1, 0.15) is 5.25 Å². The van der Waals surface area contributed by atoms with E-state index in [-0.39, 0.29) is 22.4 Å². The highest BCUT2D eigenvalue weighted by Gasteiger charge is 2.24. The van der Waals surface area contributed by atoms with Gasteiger partial charge in [-0.1, -0.05) is 25.6 Å². The highest BCUT2D eigenvalue weighted by Crippen LogP contribution is 2.27. The van der Waals surface area contributed by atoms with Crippen LogP contribution in [0, 0.1) is 5.92 Å². The lowest BCUT2D eigenvalue weighted by Crippen LogP contribution is -2.22. The van der Waals surface area contributed by atoms with E-state index in [1.165, 1.54) is 7.11 Å². The van der Waals surface area contributed by atoms with Crippen LogP contribution in [0.4, 0.5) is 0 Å². The number of nitrogens with zero attached hydrogens (tertiary/aromatic N) is 3. The molecule has 1 N–H and O–H groups in total. The average molecular weight is 278 g/mol. The number of rotatable bonds is 5. The Bertz CT molecular complexity index is 416. The molecule has 0 aliphatic carbocycles. The van der Waals surface area contributed by atoms with Gasteiger partial charge in [0.05, 0.1) is 7.11 Å². The van der Waals surface area contributed by atoms with Crippen LogP contribution in [0.1, 0.15) is 13.8 Å². The molecule has 1 atom stereocenters. The largest absolute Gasteiger partial charge is 0.480 e. The topological polar surface area (TPSA) is 85.2 Å². The smallest absolute Gasteiger partial charge is 0.321 e.